The van der Waals surface area contributed by atoms with Gasteiger partial charge in [-0.05, 0) is 39.3 Å². The van der Waals surface area contributed by atoms with Gasteiger partial charge in [-0.25, -0.2) is 0 Å². The Bertz CT molecular complexity index is 275. The maximum atomic E-state index is 5.93. The molecule has 2 unspecified atom stereocenters. The fourth-order valence-corrected chi connectivity index (χ4v) is 3.29. The van der Waals surface area contributed by atoms with Crippen molar-refractivity contribution in [1.29, 1.82) is 0 Å². The molecule has 112 valence electrons. The molecule has 2 fully saturated rings. The SMILES string of the molecule is CCOC1CC(NCCN2CCC(N)CC2)C1(C)C. The number of nitrogens with two attached hydrogens (primary N) is 1. The summed E-state index contributed by atoms with van der Waals surface area (Å²) in [5.74, 6) is 0. The van der Waals surface area contributed by atoms with Gasteiger partial charge in [-0.3, -0.25) is 0 Å². The average molecular weight is 269 g/mol. The zero-order chi connectivity index (χ0) is 13.9. The van der Waals surface area contributed by atoms with E-state index < -0.39 is 0 Å². The van der Waals surface area contributed by atoms with Crippen LogP contribution >= 0.6 is 0 Å². The molecule has 1 saturated heterocycles. The smallest absolute Gasteiger partial charge is 0.0655 e. The van der Waals surface area contributed by atoms with Crippen LogP contribution in [0.1, 0.15) is 40.0 Å². The molecule has 1 heterocycles. The van der Waals surface area contributed by atoms with Gasteiger partial charge in [-0.1, -0.05) is 13.8 Å². The second kappa shape index (κ2) is 6.53. The summed E-state index contributed by atoms with van der Waals surface area (Å²) in [7, 11) is 0. The molecule has 4 nitrogen and oxygen atoms in total. The Morgan fingerprint density at radius 2 is 2.00 bits per heavy atom. The van der Waals surface area contributed by atoms with Gasteiger partial charge in [0.05, 0.1) is 6.10 Å². The van der Waals surface area contributed by atoms with Crippen LogP contribution < -0.4 is 11.1 Å². The largest absolute Gasteiger partial charge is 0.378 e. The summed E-state index contributed by atoms with van der Waals surface area (Å²) < 4.78 is 5.77. The lowest BCUT2D eigenvalue weighted by atomic mass is 9.64. The Morgan fingerprint density at radius 3 is 2.58 bits per heavy atom. The Kier molecular flexibility index (Phi) is 5.23. The molecule has 0 spiro atoms. The van der Waals surface area contributed by atoms with Gasteiger partial charge in [0.15, 0.2) is 0 Å². The summed E-state index contributed by atoms with van der Waals surface area (Å²) >= 11 is 0. The van der Waals surface area contributed by atoms with Gasteiger partial charge in [0.25, 0.3) is 0 Å². The average Bonchev–Trinajstić information content (AvgIpc) is 2.39. The number of nitrogens with zero attached hydrogens (tertiary/aromatic N) is 1. The maximum Gasteiger partial charge on any atom is 0.0655 e. The third kappa shape index (κ3) is 3.69. The molecule has 19 heavy (non-hydrogen) atoms. The maximum absolute atomic E-state index is 5.93. The summed E-state index contributed by atoms with van der Waals surface area (Å²) in [4.78, 5) is 2.53. The summed E-state index contributed by atoms with van der Waals surface area (Å²) in [5, 5.41) is 3.70. The third-order valence-corrected chi connectivity index (χ3v) is 5.00. The van der Waals surface area contributed by atoms with Crippen LogP contribution in [0.4, 0.5) is 0 Å². The van der Waals surface area contributed by atoms with E-state index in [4.69, 9.17) is 10.5 Å². The summed E-state index contributed by atoms with van der Waals surface area (Å²) in [6.07, 6.45) is 3.90. The topological polar surface area (TPSA) is 50.5 Å². The molecule has 2 aliphatic rings. The van der Waals surface area contributed by atoms with Gasteiger partial charge >= 0.3 is 0 Å². The molecule has 4 heteroatoms. The number of hydrogen-bond acceptors (Lipinski definition) is 4. The van der Waals surface area contributed by atoms with E-state index in [1.54, 1.807) is 0 Å². The van der Waals surface area contributed by atoms with Gasteiger partial charge in [0.1, 0.15) is 0 Å². The Labute approximate surface area is 118 Å². The minimum absolute atomic E-state index is 0.278. The molecule has 2 atom stereocenters. The van der Waals surface area contributed by atoms with Gasteiger partial charge in [0.2, 0.25) is 0 Å². The highest BCUT2D eigenvalue weighted by Gasteiger charge is 2.48. The van der Waals surface area contributed by atoms with Crippen molar-refractivity contribution in [3.63, 3.8) is 0 Å². The first-order valence-corrected chi connectivity index (χ1v) is 7.87. The Balaban J connectivity index is 1.62. The molecule has 1 aliphatic carbocycles. The van der Waals surface area contributed by atoms with Crippen molar-refractivity contribution in [3.05, 3.63) is 0 Å². The molecule has 2 rings (SSSR count). The van der Waals surface area contributed by atoms with Crippen LogP contribution in [-0.2, 0) is 4.74 Å². The van der Waals surface area contributed by atoms with Gasteiger partial charge in [-0.2, -0.15) is 0 Å². The molecule has 0 amide bonds. The van der Waals surface area contributed by atoms with Crippen LogP contribution in [0.5, 0.6) is 0 Å². The highest BCUT2D eigenvalue weighted by Crippen LogP contribution is 2.42. The predicted octanol–water partition coefficient (Wildman–Crippen LogP) is 1.20. The van der Waals surface area contributed by atoms with Crippen molar-refractivity contribution in [2.75, 3.05) is 32.8 Å². The minimum Gasteiger partial charge on any atom is -0.378 e. The van der Waals surface area contributed by atoms with Crippen molar-refractivity contribution in [1.82, 2.24) is 10.2 Å². The number of nitrogens with one attached hydrogen (secondary N) is 1. The first kappa shape index (κ1) is 15.2. The predicted molar refractivity (Wildman–Crippen MR) is 79.3 cm³/mol. The highest BCUT2D eigenvalue weighted by atomic mass is 16.5. The Morgan fingerprint density at radius 1 is 1.32 bits per heavy atom. The molecule has 3 N–H and O–H groups in total. The van der Waals surface area contributed by atoms with Crippen LogP contribution in [0.25, 0.3) is 0 Å². The lowest BCUT2D eigenvalue weighted by molar-refractivity contribution is -0.114. The lowest BCUT2D eigenvalue weighted by Gasteiger charge is -2.52. The van der Waals surface area contributed by atoms with Crippen LogP contribution in [-0.4, -0.2) is 55.9 Å². The Hall–Kier alpha value is -0.160. The number of likely N-dealkylation sites (tertiary alicyclic amines) is 1. The first-order chi connectivity index (χ1) is 9.04. The molecule has 1 saturated carbocycles. The molecule has 0 aromatic rings. The van der Waals surface area contributed by atoms with Crippen LogP contribution in [0.3, 0.4) is 0 Å². The zero-order valence-corrected chi connectivity index (χ0v) is 12.8. The summed E-state index contributed by atoms with van der Waals surface area (Å²) in [6, 6.07) is 1.04. The van der Waals surface area contributed by atoms with E-state index in [0.29, 0.717) is 18.2 Å². The fraction of sp³-hybridized carbons (Fsp3) is 1.00. The van der Waals surface area contributed by atoms with Crippen LogP contribution in [0.15, 0.2) is 0 Å². The van der Waals surface area contributed by atoms with Gasteiger partial charge in [0, 0.05) is 37.2 Å². The normalized spacial score (nSPS) is 32.2. The van der Waals surface area contributed by atoms with E-state index in [1.807, 2.05) is 0 Å². The second-order valence-corrected chi connectivity index (χ2v) is 6.69. The van der Waals surface area contributed by atoms with E-state index in [9.17, 15) is 0 Å². The molecular formula is C15H31N3O. The molecule has 0 bridgehead atoms. The van der Waals surface area contributed by atoms with E-state index in [-0.39, 0.29) is 5.41 Å². The van der Waals surface area contributed by atoms with Gasteiger partial charge < -0.3 is 20.7 Å². The van der Waals surface area contributed by atoms with Crippen molar-refractivity contribution in [2.45, 2.75) is 58.2 Å². The monoisotopic (exact) mass is 269 g/mol. The highest BCUT2D eigenvalue weighted by molar-refractivity contribution is 5.02. The molecule has 0 radical (unpaired) electrons. The minimum atomic E-state index is 0.278. The van der Waals surface area contributed by atoms with Gasteiger partial charge in [-0.15, -0.1) is 0 Å². The van der Waals surface area contributed by atoms with Crippen LogP contribution in [0.2, 0.25) is 0 Å². The summed E-state index contributed by atoms with van der Waals surface area (Å²) in [6.45, 7) is 12.1. The molecule has 0 aromatic heterocycles. The number of rotatable bonds is 6. The summed E-state index contributed by atoms with van der Waals surface area (Å²) in [5.41, 5.74) is 6.21. The van der Waals surface area contributed by atoms with Crippen LogP contribution in [0, 0.1) is 5.41 Å². The van der Waals surface area contributed by atoms with Crippen molar-refractivity contribution in [2.24, 2.45) is 11.1 Å². The number of piperidine rings is 1. The molecular weight excluding hydrogens is 238 g/mol. The lowest BCUT2D eigenvalue weighted by Crippen LogP contribution is -2.61. The second-order valence-electron chi connectivity index (χ2n) is 6.69. The molecule has 0 aromatic carbocycles. The van der Waals surface area contributed by atoms with Crippen molar-refractivity contribution in [3.8, 4) is 0 Å². The fourth-order valence-electron chi connectivity index (χ4n) is 3.29. The standard InChI is InChI=1S/C15H31N3O/c1-4-19-14-11-13(15(14,2)3)17-7-10-18-8-5-12(16)6-9-18/h12-14,17H,4-11,16H2,1-3H3. The zero-order valence-electron chi connectivity index (χ0n) is 12.8. The van der Waals surface area contributed by atoms with Crippen molar-refractivity contribution >= 4 is 0 Å². The van der Waals surface area contributed by atoms with Crippen molar-refractivity contribution < 1.29 is 4.74 Å². The number of ether oxygens (including phenoxy) is 1. The number of hydrogen-bond donors (Lipinski definition) is 2. The van der Waals surface area contributed by atoms with E-state index in [0.717, 1.165) is 39.0 Å². The quantitative estimate of drug-likeness (QED) is 0.761. The van der Waals surface area contributed by atoms with E-state index in [2.05, 4.69) is 31.0 Å². The third-order valence-electron chi connectivity index (χ3n) is 5.00. The molecule has 1 aliphatic heterocycles. The van der Waals surface area contributed by atoms with E-state index >= 15 is 0 Å². The first-order valence-electron chi connectivity index (χ1n) is 7.87. The van der Waals surface area contributed by atoms with E-state index in [1.165, 1.54) is 13.1 Å².